The molecule has 6 nitrogen and oxygen atoms in total. The number of nitrogens with two attached hydrogens (primary N) is 1. The number of carboxylic acid groups (broad SMARTS) is 1. The summed E-state index contributed by atoms with van der Waals surface area (Å²) in [5.41, 5.74) is 5.29. The van der Waals surface area contributed by atoms with Crippen molar-refractivity contribution in [3.63, 3.8) is 0 Å². The van der Waals surface area contributed by atoms with E-state index in [-0.39, 0.29) is 11.7 Å². The molecule has 0 aliphatic heterocycles. The number of carboxylic acids is 1. The Labute approximate surface area is 116 Å². The average molecular weight is 285 g/mol. The van der Waals surface area contributed by atoms with E-state index in [2.05, 4.69) is 10.3 Å². The van der Waals surface area contributed by atoms with E-state index >= 15 is 0 Å². The first-order valence-corrected chi connectivity index (χ1v) is 6.75. The molecule has 1 rings (SSSR count). The largest absolute Gasteiger partial charge is 0.480 e. The van der Waals surface area contributed by atoms with Gasteiger partial charge in [-0.2, -0.15) is 0 Å². The molecule has 1 aromatic rings. The van der Waals surface area contributed by atoms with Gasteiger partial charge in [-0.3, -0.25) is 4.79 Å². The first-order chi connectivity index (χ1) is 8.62. The minimum atomic E-state index is -1.07. The van der Waals surface area contributed by atoms with E-state index in [9.17, 15) is 9.59 Å². The zero-order valence-corrected chi connectivity index (χ0v) is 12.2. The number of hydrogen-bond acceptors (Lipinski definition) is 5. The Balaban J connectivity index is 2.85. The Morgan fingerprint density at radius 3 is 2.42 bits per heavy atom. The lowest BCUT2D eigenvalue weighted by Crippen LogP contribution is -2.49. The Kier molecular flexibility index (Phi) is 4.65. The highest BCUT2D eigenvalue weighted by molar-refractivity contribution is 7.09. The fraction of sp³-hybridized carbons (Fsp3) is 0.583. The molecular formula is C12H19N3O3S. The van der Waals surface area contributed by atoms with Crippen molar-refractivity contribution in [3.05, 3.63) is 16.1 Å². The molecule has 1 heterocycles. The molecule has 4 N–H and O–H groups in total. The standard InChI is InChI=1S/C12H19N3O3S/c1-6(13)10-14-7(5-19-10)9(16)15-8(11(17)18)12(2,3)4/h5-6,8H,13H2,1-4H3,(H,15,16)(H,17,18). The Hall–Kier alpha value is -1.47. The summed E-state index contributed by atoms with van der Waals surface area (Å²) < 4.78 is 0. The second-order valence-electron chi connectivity index (χ2n) is 5.47. The lowest BCUT2D eigenvalue weighted by atomic mass is 9.87. The molecule has 106 valence electrons. The maximum Gasteiger partial charge on any atom is 0.326 e. The van der Waals surface area contributed by atoms with Crippen LogP contribution in [0.4, 0.5) is 0 Å². The van der Waals surface area contributed by atoms with Crippen LogP contribution in [0.2, 0.25) is 0 Å². The third-order valence-corrected chi connectivity index (χ3v) is 3.58. The maximum atomic E-state index is 12.0. The van der Waals surface area contributed by atoms with Gasteiger partial charge in [0, 0.05) is 5.38 Å². The fourth-order valence-electron chi connectivity index (χ4n) is 1.45. The number of carbonyl (C=O) groups is 2. The van der Waals surface area contributed by atoms with Crippen molar-refractivity contribution >= 4 is 23.2 Å². The Morgan fingerprint density at radius 1 is 1.47 bits per heavy atom. The number of rotatable bonds is 4. The number of aromatic nitrogens is 1. The van der Waals surface area contributed by atoms with Crippen LogP contribution in [0, 0.1) is 5.41 Å². The monoisotopic (exact) mass is 285 g/mol. The van der Waals surface area contributed by atoms with Crippen molar-refractivity contribution in [2.24, 2.45) is 11.1 Å². The number of nitrogens with zero attached hydrogens (tertiary/aromatic N) is 1. The number of nitrogens with one attached hydrogen (secondary N) is 1. The predicted octanol–water partition coefficient (Wildman–Crippen LogP) is 1.39. The van der Waals surface area contributed by atoms with E-state index in [4.69, 9.17) is 10.8 Å². The van der Waals surface area contributed by atoms with Crippen molar-refractivity contribution < 1.29 is 14.7 Å². The van der Waals surface area contributed by atoms with Crippen molar-refractivity contribution in [1.82, 2.24) is 10.3 Å². The van der Waals surface area contributed by atoms with Gasteiger partial charge < -0.3 is 16.2 Å². The second-order valence-corrected chi connectivity index (χ2v) is 6.36. The van der Waals surface area contributed by atoms with Crippen LogP contribution in [-0.2, 0) is 4.79 Å². The summed E-state index contributed by atoms with van der Waals surface area (Å²) in [4.78, 5) is 27.2. The first kappa shape index (κ1) is 15.6. The van der Waals surface area contributed by atoms with Gasteiger partial charge in [-0.15, -0.1) is 11.3 Å². The first-order valence-electron chi connectivity index (χ1n) is 5.87. The topological polar surface area (TPSA) is 105 Å². The summed E-state index contributed by atoms with van der Waals surface area (Å²) in [6.07, 6.45) is 0. The molecule has 0 aromatic carbocycles. The van der Waals surface area contributed by atoms with Gasteiger partial charge in [0.25, 0.3) is 5.91 Å². The van der Waals surface area contributed by atoms with E-state index in [1.54, 1.807) is 33.1 Å². The molecule has 7 heteroatoms. The maximum absolute atomic E-state index is 12.0. The molecule has 2 unspecified atom stereocenters. The van der Waals surface area contributed by atoms with Crippen LogP contribution in [0.5, 0.6) is 0 Å². The summed E-state index contributed by atoms with van der Waals surface area (Å²) in [6, 6.07) is -1.22. The summed E-state index contributed by atoms with van der Waals surface area (Å²) in [6.45, 7) is 7.03. The van der Waals surface area contributed by atoms with Crippen LogP contribution in [0.25, 0.3) is 0 Å². The third-order valence-electron chi connectivity index (χ3n) is 2.53. The molecule has 2 atom stereocenters. The molecule has 1 amide bonds. The molecule has 0 aliphatic rings. The minimum Gasteiger partial charge on any atom is -0.480 e. The quantitative estimate of drug-likeness (QED) is 0.775. The van der Waals surface area contributed by atoms with Crippen molar-refractivity contribution in [2.75, 3.05) is 0 Å². The van der Waals surface area contributed by atoms with E-state index < -0.39 is 23.3 Å². The molecule has 0 bridgehead atoms. The zero-order valence-electron chi connectivity index (χ0n) is 11.4. The molecule has 19 heavy (non-hydrogen) atoms. The summed E-state index contributed by atoms with van der Waals surface area (Å²) in [5, 5.41) is 13.9. The summed E-state index contributed by atoms with van der Waals surface area (Å²) in [7, 11) is 0. The average Bonchev–Trinajstić information content (AvgIpc) is 2.72. The predicted molar refractivity (Wildman–Crippen MR) is 73.1 cm³/mol. The van der Waals surface area contributed by atoms with E-state index in [0.717, 1.165) is 0 Å². The lowest BCUT2D eigenvalue weighted by Gasteiger charge is -2.27. The number of aliphatic carboxylic acids is 1. The van der Waals surface area contributed by atoms with Crippen LogP contribution in [-0.4, -0.2) is 28.0 Å². The van der Waals surface area contributed by atoms with E-state index in [1.807, 2.05) is 0 Å². The van der Waals surface area contributed by atoms with Gasteiger partial charge in [0.05, 0.1) is 6.04 Å². The van der Waals surface area contributed by atoms with Gasteiger partial charge in [0.2, 0.25) is 0 Å². The molecule has 0 saturated heterocycles. The van der Waals surface area contributed by atoms with Crippen LogP contribution in [0.15, 0.2) is 5.38 Å². The molecule has 0 saturated carbocycles. The summed E-state index contributed by atoms with van der Waals surface area (Å²) >= 11 is 1.28. The molecule has 0 fully saturated rings. The zero-order chi connectivity index (χ0) is 14.8. The van der Waals surface area contributed by atoms with Crippen LogP contribution in [0.1, 0.15) is 49.2 Å². The van der Waals surface area contributed by atoms with Crippen LogP contribution in [0.3, 0.4) is 0 Å². The minimum absolute atomic E-state index is 0.202. The van der Waals surface area contributed by atoms with Gasteiger partial charge >= 0.3 is 5.97 Å². The number of carbonyl (C=O) groups excluding carboxylic acids is 1. The molecule has 0 aliphatic carbocycles. The van der Waals surface area contributed by atoms with E-state index in [1.165, 1.54) is 11.3 Å². The van der Waals surface area contributed by atoms with Crippen LogP contribution < -0.4 is 11.1 Å². The van der Waals surface area contributed by atoms with Gasteiger partial charge in [-0.25, -0.2) is 9.78 Å². The SMILES string of the molecule is CC(N)c1nc(C(=O)NC(C(=O)O)C(C)(C)C)cs1. The van der Waals surface area contributed by atoms with Gasteiger partial charge in [0.15, 0.2) is 0 Å². The molecule has 0 spiro atoms. The Morgan fingerprint density at radius 2 is 2.05 bits per heavy atom. The highest BCUT2D eigenvalue weighted by Crippen LogP contribution is 2.21. The lowest BCUT2D eigenvalue weighted by molar-refractivity contribution is -0.142. The number of hydrogen-bond donors (Lipinski definition) is 3. The van der Waals surface area contributed by atoms with E-state index in [0.29, 0.717) is 5.01 Å². The van der Waals surface area contributed by atoms with Crippen molar-refractivity contribution in [3.8, 4) is 0 Å². The van der Waals surface area contributed by atoms with Gasteiger partial charge in [0.1, 0.15) is 16.7 Å². The molecule has 0 radical (unpaired) electrons. The van der Waals surface area contributed by atoms with Gasteiger partial charge in [-0.1, -0.05) is 20.8 Å². The molecular weight excluding hydrogens is 266 g/mol. The Bertz CT molecular complexity index is 477. The normalized spacial score (nSPS) is 14.8. The highest BCUT2D eigenvalue weighted by atomic mass is 32.1. The van der Waals surface area contributed by atoms with Crippen molar-refractivity contribution in [1.29, 1.82) is 0 Å². The summed E-state index contributed by atoms with van der Waals surface area (Å²) in [5.74, 6) is -1.56. The van der Waals surface area contributed by atoms with Gasteiger partial charge in [-0.05, 0) is 12.3 Å². The smallest absolute Gasteiger partial charge is 0.326 e. The molecule has 1 aromatic heterocycles. The van der Waals surface area contributed by atoms with Crippen LogP contribution >= 0.6 is 11.3 Å². The second kappa shape index (κ2) is 5.66. The number of amides is 1. The third kappa shape index (κ3) is 4.00. The number of thiazole rings is 1. The fourth-order valence-corrected chi connectivity index (χ4v) is 2.21. The highest BCUT2D eigenvalue weighted by Gasteiger charge is 2.33. The van der Waals surface area contributed by atoms with Crippen molar-refractivity contribution in [2.45, 2.75) is 39.8 Å².